The summed E-state index contributed by atoms with van der Waals surface area (Å²) >= 11 is 0. The summed E-state index contributed by atoms with van der Waals surface area (Å²) < 4.78 is 5.48. The molecule has 0 bridgehead atoms. The van der Waals surface area contributed by atoms with Crippen molar-refractivity contribution in [3.8, 4) is 0 Å². The minimum Gasteiger partial charge on any atom is -0.466 e. The summed E-state index contributed by atoms with van der Waals surface area (Å²) in [6, 6.07) is -0.551. The third-order valence-electron chi connectivity index (χ3n) is 13.8. The molecule has 6 heteroatoms. The van der Waals surface area contributed by atoms with E-state index in [0.29, 0.717) is 25.9 Å². The number of rotatable bonds is 55. The van der Waals surface area contributed by atoms with E-state index < -0.39 is 12.1 Å². The Balaban J connectivity index is 3.43. The van der Waals surface area contributed by atoms with Gasteiger partial charge in [0.15, 0.2) is 0 Å². The van der Waals surface area contributed by atoms with Crippen molar-refractivity contribution in [2.75, 3.05) is 13.2 Å². The smallest absolute Gasteiger partial charge is 0.305 e. The van der Waals surface area contributed by atoms with Gasteiger partial charge in [-0.2, -0.15) is 0 Å². The Morgan fingerprint density at radius 1 is 0.415 bits per heavy atom. The van der Waals surface area contributed by atoms with Crippen LogP contribution in [0, 0.1) is 0 Å². The van der Waals surface area contributed by atoms with Crippen LogP contribution in [0.1, 0.15) is 328 Å². The summed E-state index contributed by atoms with van der Waals surface area (Å²) in [4.78, 5) is 24.6. The van der Waals surface area contributed by atoms with E-state index in [1.807, 2.05) is 0 Å². The van der Waals surface area contributed by atoms with Gasteiger partial charge in [-0.3, -0.25) is 9.59 Å². The molecule has 0 heterocycles. The van der Waals surface area contributed by atoms with Crippen LogP contribution in [0.4, 0.5) is 0 Å². The number of nitrogens with one attached hydrogen (secondary N) is 1. The van der Waals surface area contributed by atoms with Crippen molar-refractivity contribution in [3.05, 3.63) is 12.2 Å². The standard InChI is InChI=1S/C59H115NO5/c1-3-5-7-9-11-13-15-17-19-21-23-24-27-31-35-39-43-47-51-57(62)56(55-61)60-58(63)52-48-44-40-36-32-28-26-30-34-38-42-46-50-54-65-59(64)53-49-45-41-37-33-29-25-22-20-18-16-14-12-10-8-6-4-2/h18,20,56-57,61-62H,3-17,19,21-55H2,1-2H3,(H,60,63)/b20-18-. The molecule has 0 saturated heterocycles. The molecule has 0 aliphatic heterocycles. The zero-order chi connectivity index (χ0) is 47.2. The van der Waals surface area contributed by atoms with Crippen LogP contribution in [0.2, 0.25) is 0 Å². The number of hydrogen-bond donors (Lipinski definition) is 3. The van der Waals surface area contributed by atoms with Gasteiger partial charge in [0.25, 0.3) is 0 Å². The Morgan fingerprint density at radius 2 is 0.723 bits per heavy atom. The second-order valence-corrected chi connectivity index (χ2v) is 20.3. The molecule has 3 N–H and O–H groups in total. The average molecular weight is 919 g/mol. The zero-order valence-corrected chi connectivity index (χ0v) is 44.0. The Labute approximate surface area is 406 Å². The van der Waals surface area contributed by atoms with E-state index in [4.69, 9.17) is 4.74 Å². The Morgan fingerprint density at radius 3 is 1.09 bits per heavy atom. The van der Waals surface area contributed by atoms with Gasteiger partial charge in [-0.1, -0.05) is 276 Å². The number of allylic oxidation sites excluding steroid dienone is 2. The fourth-order valence-electron chi connectivity index (χ4n) is 9.28. The topological polar surface area (TPSA) is 95.9 Å². The minimum absolute atomic E-state index is 0.00778. The predicted molar refractivity (Wildman–Crippen MR) is 283 cm³/mol. The van der Waals surface area contributed by atoms with Crippen LogP contribution in [0.25, 0.3) is 0 Å². The molecule has 0 radical (unpaired) electrons. The summed E-state index contributed by atoms with van der Waals surface area (Å²) in [5, 5.41) is 23.3. The molecule has 65 heavy (non-hydrogen) atoms. The second kappa shape index (κ2) is 55.2. The van der Waals surface area contributed by atoms with Gasteiger partial charge in [0.2, 0.25) is 5.91 Å². The van der Waals surface area contributed by atoms with Crippen LogP contribution in [-0.4, -0.2) is 47.4 Å². The van der Waals surface area contributed by atoms with E-state index >= 15 is 0 Å². The monoisotopic (exact) mass is 918 g/mol. The Kier molecular flexibility index (Phi) is 54.0. The first-order valence-corrected chi connectivity index (χ1v) is 29.4. The third kappa shape index (κ3) is 51.8. The van der Waals surface area contributed by atoms with Crippen molar-refractivity contribution in [2.24, 2.45) is 0 Å². The van der Waals surface area contributed by atoms with Gasteiger partial charge < -0.3 is 20.3 Å². The first kappa shape index (κ1) is 63.6. The summed E-state index contributed by atoms with van der Waals surface area (Å²) in [6.45, 7) is 4.94. The SMILES string of the molecule is CCCCCCCC/C=C\CCCCCCCCCC(=O)OCCCCCCCCCCCCCCCC(=O)NC(CO)C(O)CCCCCCCCCCCCCCCCCCCC. The highest BCUT2D eigenvalue weighted by molar-refractivity contribution is 5.76. The molecule has 6 nitrogen and oxygen atoms in total. The molecule has 2 unspecified atom stereocenters. The van der Waals surface area contributed by atoms with E-state index in [9.17, 15) is 19.8 Å². The number of carbonyl (C=O) groups excluding carboxylic acids is 2. The number of amides is 1. The van der Waals surface area contributed by atoms with Gasteiger partial charge in [-0.05, 0) is 51.4 Å². The lowest BCUT2D eigenvalue weighted by Crippen LogP contribution is -2.45. The lowest BCUT2D eigenvalue weighted by molar-refractivity contribution is -0.143. The maximum Gasteiger partial charge on any atom is 0.305 e. The van der Waals surface area contributed by atoms with Crippen molar-refractivity contribution < 1.29 is 24.5 Å². The van der Waals surface area contributed by atoms with Crippen LogP contribution in [0.15, 0.2) is 12.2 Å². The van der Waals surface area contributed by atoms with Crippen molar-refractivity contribution >= 4 is 11.9 Å². The number of aliphatic hydroxyl groups is 2. The van der Waals surface area contributed by atoms with Gasteiger partial charge in [-0.15, -0.1) is 0 Å². The number of carbonyl (C=O) groups is 2. The molecule has 2 atom stereocenters. The van der Waals surface area contributed by atoms with Gasteiger partial charge in [0, 0.05) is 12.8 Å². The summed E-state index contributed by atoms with van der Waals surface area (Å²) in [5.41, 5.74) is 0. The zero-order valence-electron chi connectivity index (χ0n) is 44.0. The summed E-state index contributed by atoms with van der Waals surface area (Å²) in [6.07, 6.45) is 64.8. The minimum atomic E-state index is -0.673. The maximum absolute atomic E-state index is 12.5. The van der Waals surface area contributed by atoms with Gasteiger partial charge in [0.1, 0.15) is 0 Å². The second-order valence-electron chi connectivity index (χ2n) is 20.3. The van der Waals surface area contributed by atoms with E-state index in [1.165, 1.54) is 244 Å². The van der Waals surface area contributed by atoms with Gasteiger partial charge in [-0.25, -0.2) is 0 Å². The first-order chi connectivity index (χ1) is 32.0. The number of esters is 1. The van der Waals surface area contributed by atoms with Crippen LogP contribution < -0.4 is 5.32 Å². The largest absolute Gasteiger partial charge is 0.466 e. The quantitative estimate of drug-likeness (QED) is 0.0321. The number of aliphatic hydroxyl groups excluding tert-OH is 2. The summed E-state index contributed by atoms with van der Waals surface area (Å²) in [5.74, 6) is -0.0527. The molecule has 1 amide bonds. The number of hydrogen-bond acceptors (Lipinski definition) is 5. The highest BCUT2D eigenvalue weighted by Crippen LogP contribution is 2.18. The van der Waals surface area contributed by atoms with Crippen LogP contribution in [-0.2, 0) is 14.3 Å². The van der Waals surface area contributed by atoms with Crippen molar-refractivity contribution in [1.29, 1.82) is 0 Å². The predicted octanol–water partition coefficient (Wildman–Crippen LogP) is 18.1. The highest BCUT2D eigenvalue weighted by atomic mass is 16.5. The molecular weight excluding hydrogens is 803 g/mol. The maximum atomic E-state index is 12.5. The van der Waals surface area contributed by atoms with E-state index in [-0.39, 0.29) is 18.5 Å². The number of unbranched alkanes of at least 4 members (excludes halogenated alkanes) is 42. The normalized spacial score (nSPS) is 12.6. The van der Waals surface area contributed by atoms with Crippen LogP contribution in [0.5, 0.6) is 0 Å². The highest BCUT2D eigenvalue weighted by Gasteiger charge is 2.20. The molecule has 0 rings (SSSR count). The molecular formula is C59H115NO5. The summed E-state index contributed by atoms with van der Waals surface area (Å²) in [7, 11) is 0. The van der Waals surface area contributed by atoms with Crippen molar-refractivity contribution in [3.63, 3.8) is 0 Å². The molecule has 0 aromatic carbocycles. The van der Waals surface area contributed by atoms with Crippen LogP contribution >= 0.6 is 0 Å². The Bertz CT molecular complexity index is 970. The third-order valence-corrected chi connectivity index (χ3v) is 13.8. The van der Waals surface area contributed by atoms with Gasteiger partial charge >= 0.3 is 5.97 Å². The first-order valence-electron chi connectivity index (χ1n) is 29.4. The van der Waals surface area contributed by atoms with Crippen LogP contribution in [0.3, 0.4) is 0 Å². The Hall–Kier alpha value is -1.40. The van der Waals surface area contributed by atoms with E-state index in [2.05, 4.69) is 31.3 Å². The molecule has 0 aromatic heterocycles. The fourth-order valence-corrected chi connectivity index (χ4v) is 9.28. The molecule has 386 valence electrons. The number of ether oxygens (including phenoxy) is 1. The molecule has 0 fully saturated rings. The van der Waals surface area contributed by atoms with Gasteiger partial charge in [0.05, 0.1) is 25.4 Å². The molecule has 0 aliphatic rings. The van der Waals surface area contributed by atoms with E-state index in [1.54, 1.807) is 0 Å². The van der Waals surface area contributed by atoms with Crippen molar-refractivity contribution in [1.82, 2.24) is 5.32 Å². The van der Waals surface area contributed by atoms with E-state index in [0.717, 1.165) is 51.4 Å². The lowest BCUT2D eigenvalue weighted by atomic mass is 10.0. The lowest BCUT2D eigenvalue weighted by Gasteiger charge is -2.22. The average Bonchev–Trinajstić information content (AvgIpc) is 3.31. The molecule has 0 saturated carbocycles. The molecule has 0 spiro atoms. The fraction of sp³-hybridized carbons (Fsp3) is 0.932. The molecule has 0 aliphatic carbocycles. The molecule has 0 aromatic rings. The van der Waals surface area contributed by atoms with Crippen molar-refractivity contribution in [2.45, 2.75) is 341 Å².